The van der Waals surface area contributed by atoms with Gasteiger partial charge in [0.15, 0.2) is 0 Å². The van der Waals surface area contributed by atoms with Crippen LogP contribution in [0, 0.1) is 0 Å². The molecule has 53 heavy (non-hydrogen) atoms. The summed E-state index contributed by atoms with van der Waals surface area (Å²) < 4.78 is 11.0. The average Bonchev–Trinajstić information content (AvgIpc) is 3.81. The van der Waals surface area contributed by atoms with E-state index >= 15 is 0 Å². The largest absolute Gasteiger partial charge is 0.444 e. The summed E-state index contributed by atoms with van der Waals surface area (Å²) in [6.45, 7) is 14.3. The Kier molecular flexibility index (Phi) is 10.3. The molecule has 0 radical (unpaired) electrons. The molecule has 2 amide bonds. The van der Waals surface area contributed by atoms with Crippen molar-refractivity contribution in [1.82, 2.24) is 29.7 Å². The van der Waals surface area contributed by atoms with Gasteiger partial charge in [0.1, 0.15) is 44.5 Å². The van der Waals surface area contributed by atoms with Gasteiger partial charge in [-0.2, -0.15) is 0 Å². The van der Waals surface area contributed by atoms with Crippen molar-refractivity contribution in [2.75, 3.05) is 24.7 Å². The maximum Gasteiger partial charge on any atom is 0.410 e. The number of rotatable bonds is 3. The Hall–Kier alpha value is -4.05. The SMILES string of the molecule is CC(C)(C)OC(=O)N1CCc2c(sc3ncnc(Cl)c23)C1.CSc1cc2c(cc1Nc1ncnc3sc4c(c13)CCN(C(=O)OC(C)(C)C)C4)C=NC2. The first kappa shape index (κ1) is 37.3. The van der Waals surface area contributed by atoms with Crippen LogP contribution in [0.5, 0.6) is 0 Å². The Bertz CT molecular complexity index is 2260. The molecule has 0 saturated heterocycles. The van der Waals surface area contributed by atoms with Crippen LogP contribution in [0.4, 0.5) is 21.1 Å². The molecule has 0 aliphatic carbocycles. The second-order valence-electron chi connectivity index (χ2n) is 14.9. The van der Waals surface area contributed by atoms with Gasteiger partial charge in [0.05, 0.1) is 36.1 Å². The van der Waals surface area contributed by atoms with E-state index in [2.05, 4.69) is 48.6 Å². The maximum absolute atomic E-state index is 12.6. The zero-order valence-corrected chi connectivity index (χ0v) is 33.9. The fourth-order valence-electron chi connectivity index (χ4n) is 6.41. The molecule has 0 unspecified atom stereocenters. The summed E-state index contributed by atoms with van der Waals surface area (Å²) >= 11 is 11.1. The lowest BCUT2D eigenvalue weighted by Gasteiger charge is -2.30. The Morgan fingerprint density at radius 1 is 0.830 bits per heavy atom. The van der Waals surface area contributed by atoms with E-state index in [1.54, 1.807) is 50.6 Å². The van der Waals surface area contributed by atoms with E-state index in [-0.39, 0.29) is 12.2 Å². The van der Waals surface area contributed by atoms with E-state index < -0.39 is 11.2 Å². The van der Waals surface area contributed by atoms with Crippen LogP contribution in [0.15, 0.2) is 34.7 Å². The highest BCUT2D eigenvalue weighted by Crippen LogP contribution is 2.41. The third-order valence-corrected chi connectivity index (χ3v) is 12.1. The standard InChI is InChI=1S/C23H25N5O2S2.C14H16ClN3O2S/c1-23(2,3)30-22(29)28-6-5-15-18(11-28)32-21-19(15)20(25-12-26-21)27-16-7-13-9-24-10-14(13)8-17(16)31-4;1-14(2,3)20-13(19)18-5-4-8-9(6-18)21-12-10(8)11(15)16-7-17-12/h7-9,12H,5-6,10-11H2,1-4H3,(H,25,26,27);7H,4-6H2,1-3H3. The highest BCUT2D eigenvalue weighted by molar-refractivity contribution is 7.98. The van der Waals surface area contributed by atoms with Gasteiger partial charge in [-0.1, -0.05) is 11.6 Å². The third kappa shape index (κ3) is 8.08. The molecule has 0 saturated carbocycles. The summed E-state index contributed by atoms with van der Waals surface area (Å²) in [5.41, 5.74) is 4.83. The predicted octanol–water partition coefficient (Wildman–Crippen LogP) is 9.02. The maximum atomic E-state index is 12.6. The van der Waals surface area contributed by atoms with Crippen molar-refractivity contribution < 1.29 is 19.1 Å². The summed E-state index contributed by atoms with van der Waals surface area (Å²) in [6, 6.07) is 4.35. The highest BCUT2D eigenvalue weighted by atomic mass is 35.5. The van der Waals surface area contributed by atoms with Crippen LogP contribution < -0.4 is 5.32 Å². The number of ether oxygens (including phenoxy) is 2. The number of nitrogens with one attached hydrogen (secondary N) is 1. The molecule has 1 N–H and O–H groups in total. The first-order valence-electron chi connectivity index (χ1n) is 17.3. The number of benzene rings is 1. The number of carbonyl (C=O) groups excluding carboxylic acids is 2. The summed E-state index contributed by atoms with van der Waals surface area (Å²) in [7, 11) is 0. The van der Waals surface area contributed by atoms with E-state index in [0.717, 1.165) is 66.6 Å². The smallest absolute Gasteiger partial charge is 0.410 e. The zero-order chi connectivity index (χ0) is 37.7. The van der Waals surface area contributed by atoms with Gasteiger partial charge < -0.3 is 24.6 Å². The number of hydrogen-bond acceptors (Lipinski definition) is 13. The molecule has 5 aromatic rings. The molecule has 3 aliphatic rings. The Balaban J connectivity index is 0.000000179. The lowest BCUT2D eigenvalue weighted by atomic mass is 10.0. The van der Waals surface area contributed by atoms with Crippen LogP contribution in [0.1, 0.15) is 73.6 Å². The monoisotopic (exact) mass is 792 g/mol. The Morgan fingerprint density at radius 2 is 1.40 bits per heavy atom. The number of amides is 2. The summed E-state index contributed by atoms with van der Waals surface area (Å²) in [6.07, 6.45) is 8.04. The van der Waals surface area contributed by atoms with Crippen molar-refractivity contribution in [3.63, 3.8) is 0 Å². The number of halogens is 1. The fourth-order valence-corrected chi connectivity index (χ4v) is 9.71. The highest BCUT2D eigenvalue weighted by Gasteiger charge is 2.31. The number of hydrogen-bond donors (Lipinski definition) is 1. The molecular formula is C37H41ClN8O4S3. The quantitative estimate of drug-likeness (QED) is 0.139. The van der Waals surface area contributed by atoms with E-state index in [1.165, 1.54) is 27.9 Å². The van der Waals surface area contributed by atoms with Gasteiger partial charge in [0.2, 0.25) is 0 Å². The molecule has 8 rings (SSSR count). The van der Waals surface area contributed by atoms with Crippen molar-refractivity contribution >= 4 is 96.4 Å². The van der Waals surface area contributed by atoms with E-state index in [0.29, 0.717) is 31.3 Å². The second kappa shape index (κ2) is 14.6. The number of aliphatic imine (C=N–C) groups is 1. The number of fused-ring (bicyclic) bond motifs is 7. The predicted molar refractivity (Wildman–Crippen MR) is 213 cm³/mol. The fraction of sp³-hybridized carbons (Fsp3) is 0.432. The lowest BCUT2D eigenvalue weighted by Crippen LogP contribution is -2.39. The molecule has 1 aromatic carbocycles. The number of aromatic nitrogens is 4. The van der Waals surface area contributed by atoms with Crippen LogP contribution in [-0.2, 0) is 41.9 Å². The minimum absolute atomic E-state index is 0.269. The number of thiophene rings is 2. The van der Waals surface area contributed by atoms with E-state index in [1.807, 2.05) is 47.8 Å². The summed E-state index contributed by atoms with van der Waals surface area (Å²) in [4.78, 5) is 55.3. The van der Waals surface area contributed by atoms with Crippen molar-refractivity contribution in [2.45, 2.75) is 90.1 Å². The zero-order valence-electron chi connectivity index (χ0n) is 30.7. The normalized spacial score (nSPS) is 15.1. The number of carbonyl (C=O) groups is 2. The average molecular weight is 793 g/mol. The Labute approximate surface area is 325 Å². The minimum Gasteiger partial charge on any atom is -0.444 e. The van der Waals surface area contributed by atoms with Gasteiger partial charge >= 0.3 is 12.2 Å². The molecule has 3 aliphatic heterocycles. The molecule has 278 valence electrons. The molecule has 4 aromatic heterocycles. The molecular weight excluding hydrogens is 752 g/mol. The first-order valence-corrected chi connectivity index (χ1v) is 20.5. The van der Waals surface area contributed by atoms with Crippen molar-refractivity contribution in [2.24, 2.45) is 4.99 Å². The topological polar surface area (TPSA) is 135 Å². The van der Waals surface area contributed by atoms with E-state index in [9.17, 15) is 9.59 Å². The van der Waals surface area contributed by atoms with Gasteiger partial charge in [0, 0.05) is 34.0 Å². The van der Waals surface area contributed by atoms with E-state index in [4.69, 9.17) is 21.1 Å². The molecule has 0 spiro atoms. The summed E-state index contributed by atoms with van der Waals surface area (Å²) in [5, 5.41) is 6.04. The number of thioether (sulfide) groups is 1. The van der Waals surface area contributed by atoms with Gasteiger partial charge in [0.25, 0.3) is 0 Å². The Morgan fingerprint density at radius 3 is 1.98 bits per heavy atom. The molecule has 0 bridgehead atoms. The van der Waals surface area contributed by atoms with Crippen LogP contribution in [-0.4, -0.2) is 78.7 Å². The number of anilines is 2. The van der Waals surface area contributed by atoms with Gasteiger partial charge in [-0.15, -0.1) is 34.4 Å². The molecule has 7 heterocycles. The van der Waals surface area contributed by atoms with Crippen molar-refractivity contribution in [3.05, 3.63) is 61.9 Å². The number of nitrogens with zero attached hydrogens (tertiary/aromatic N) is 7. The molecule has 12 nitrogen and oxygen atoms in total. The third-order valence-electron chi connectivity index (χ3n) is 8.74. The second-order valence-corrected chi connectivity index (χ2v) is 18.3. The minimum atomic E-state index is -0.504. The summed E-state index contributed by atoms with van der Waals surface area (Å²) in [5.74, 6) is 0.809. The van der Waals surface area contributed by atoms with Gasteiger partial charge in [-0.3, -0.25) is 4.99 Å². The molecule has 0 atom stereocenters. The van der Waals surface area contributed by atoms with Crippen LogP contribution in [0.25, 0.3) is 20.4 Å². The van der Waals surface area contributed by atoms with Gasteiger partial charge in [-0.25, -0.2) is 29.5 Å². The van der Waals surface area contributed by atoms with Gasteiger partial charge in [-0.05, 0) is 95.0 Å². The van der Waals surface area contributed by atoms with Crippen molar-refractivity contribution in [1.29, 1.82) is 0 Å². The van der Waals surface area contributed by atoms with Crippen LogP contribution >= 0.6 is 46.0 Å². The van der Waals surface area contributed by atoms with Crippen LogP contribution in [0.3, 0.4) is 0 Å². The molecule has 0 fully saturated rings. The van der Waals surface area contributed by atoms with Crippen LogP contribution in [0.2, 0.25) is 5.15 Å². The van der Waals surface area contributed by atoms with Crippen molar-refractivity contribution in [3.8, 4) is 0 Å². The first-order chi connectivity index (χ1) is 25.2. The molecule has 16 heteroatoms. The lowest BCUT2D eigenvalue weighted by molar-refractivity contribution is 0.0217.